The van der Waals surface area contributed by atoms with E-state index < -0.39 is 0 Å². The summed E-state index contributed by atoms with van der Waals surface area (Å²) in [5.41, 5.74) is 1.88. The van der Waals surface area contributed by atoms with Crippen molar-refractivity contribution in [3.63, 3.8) is 0 Å². The fourth-order valence-electron chi connectivity index (χ4n) is 0.250. The first kappa shape index (κ1) is 9.23. The Balaban J connectivity index is 3.46. The van der Waals surface area contributed by atoms with Gasteiger partial charge in [-0.3, -0.25) is 4.84 Å². The molecule has 2 amide bonds. The molecular weight excluding hydrogens is 132 g/mol. The highest BCUT2D eigenvalue weighted by molar-refractivity contribution is 5.72. The maximum Gasteiger partial charge on any atom is 0.338 e. The molecule has 0 saturated heterocycles. The maximum atomic E-state index is 10.5. The fourth-order valence-corrected chi connectivity index (χ4v) is 0.250. The van der Waals surface area contributed by atoms with Gasteiger partial charge in [-0.05, 0) is 20.8 Å². The van der Waals surface area contributed by atoms with Gasteiger partial charge in [0.15, 0.2) is 0 Å². The number of amides is 2. The molecule has 0 spiro atoms. The van der Waals surface area contributed by atoms with Crippen LogP contribution in [-0.2, 0) is 4.84 Å². The van der Waals surface area contributed by atoms with Crippen LogP contribution >= 0.6 is 0 Å². The van der Waals surface area contributed by atoms with Gasteiger partial charge >= 0.3 is 6.03 Å². The molecule has 10 heavy (non-hydrogen) atoms. The first-order valence-corrected chi connectivity index (χ1v) is 3.11. The Bertz CT molecular complexity index is 117. The minimum atomic E-state index is -0.341. The minimum absolute atomic E-state index is 0.338. The van der Waals surface area contributed by atoms with E-state index in [0.29, 0.717) is 0 Å². The SMILES string of the molecule is CNC(=O)NOC(C)(C)C. The van der Waals surface area contributed by atoms with E-state index in [1.165, 1.54) is 7.05 Å². The Morgan fingerprint density at radius 1 is 1.40 bits per heavy atom. The van der Waals surface area contributed by atoms with Gasteiger partial charge in [0, 0.05) is 7.05 Å². The van der Waals surface area contributed by atoms with Gasteiger partial charge in [0.1, 0.15) is 0 Å². The largest absolute Gasteiger partial charge is 0.339 e. The van der Waals surface area contributed by atoms with Crippen LogP contribution < -0.4 is 10.8 Å². The Morgan fingerprint density at radius 3 is 2.20 bits per heavy atom. The summed E-state index contributed by atoms with van der Waals surface area (Å²) in [6.07, 6.45) is 0. The standard InChI is InChI=1S/C6H14N2O2/c1-6(2,3)10-8-5(9)7-4/h1-4H3,(H2,7,8,9). The van der Waals surface area contributed by atoms with Crippen LogP contribution in [0, 0.1) is 0 Å². The third-order valence-corrected chi connectivity index (χ3v) is 0.677. The third-order valence-electron chi connectivity index (χ3n) is 0.677. The molecule has 0 fully saturated rings. The van der Waals surface area contributed by atoms with E-state index in [-0.39, 0.29) is 11.6 Å². The van der Waals surface area contributed by atoms with Gasteiger partial charge < -0.3 is 5.32 Å². The Kier molecular flexibility index (Phi) is 3.15. The van der Waals surface area contributed by atoms with Gasteiger partial charge in [-0.25, -0.2) is 10.3 Å². The molecule has 0 radical (unpaired) electrons. The van der Waals surface area contributed by atoms with Gasteiger partial charge in [-0.1, -0.05) is 0 Å². The van der Waals surface area contributed by atoms with Crippen molar-refractivity contribution in [1.29, 1.82) is 0 Å². The lowest BCUT2D eigenvalue weighted by Gasteiger charge is -2.18. The molecular formula is C6H14N2O2. The van der Waals surface area contributed by atoms with Crippen LogP contribution in [0.3, 0.4) is 0 Å². The highest BCUT2D eigenvalue weighted by Crippen LogP contribution is 2.02. The number of hydrogen-bond acceptors (Lipinski definition) is 2. The molecule has 4 nitrogen and oxygen atoms in total. The molecule has 0 atom stereocenters. The topological polar surface area (TPSA) is 50.4 Å². The molecule has 0 aliphatic heterocycles. The highest BCUT2D eigenvalue weighted by Gasteiger charge is 2.11. The lowest BCUT2D eigenvalue weighted by atomic mass is 10.2. The Hall–Kier alpha value is -0.770. The highest BCUT2D eigenvalue weighted by atomic mass is 16.7. The van der Waals surface area contributed by atoms with E-state index >= 15 is 0 Å². The number of hydroxylamine groups is 1. The fraction of sp³-hybridized carbons (Fsp3) is 0.833. The third kappa shape index (κ3) is 5.37. The van der Waals surface area contributed by atoms with E-state index in [1.54, 1.807) is 0 Å². The van der Waals surface area contributed by atoms with Crippen LogP contribution in [0.4, 0.5) is 4.79 Å². The second-order valence-electron chi connectivity index (χ2n) is 2.90. The predicted octanol–water partition coefficient (Wildman–Crippen LogP) is 0.645. The number of nitrogens with one attached hydrogen (secondary N) is 2. The lowest BCUT2D eigenvalue weighted by Crippen LogP contribution is -2.38. The quantitative estimate of drug-likeness (QED) is 0.533. The molecule has 0 rings (SSSR count). The van der Waals surface area contributed by atoms with Crippen molar-refractivity contribution < 1.29 is 9.63 Å². The molecule has 0 bridgehead atoms. The first-order valence-electron chi connectivity index (χ1n) is 3.11. The summed E-state index contributed by atoms with van der Waals surface area (Å²) in [6, 6.07) is -0.338. The minimum Gasteiger partial charge on any atom is -0.339 e. The monoisotopic (exact) mass is 146 g/mol. The van der Waals surface area contributed by atoms with Crippen LogP contribution in [0.2, 0.25) is 0 Å². The second-order valence-corrected chi connectivity index (χ2v) is 2.90. The predicted molar refractivity (Wildman–Crippen MR) is 38.4 cm³/mol. The van der Waals surface area contributed by atoms with Crippen LogP contribution in [0.25, 0.3) is 0 Å². The summed E-state index contributed by atoms with van der Waals surface area (Å²) in [7, 11) is 1.53. The molecule has 2 N–H and O–H groups in total. The molecule has 0 heterocycles. The number of urea groups is 1. The summed E-state index contributed by atoms with van der Waals surface area (Å²) in [6.45, 7) is 5.55. The number of rotatable bonds is 1. The average molecular weight is 146 g/mol. The van der Waals surface area contributed by atoms with Crippen molar-refractivity contribution in [2.45, 2.75) is 26.4 Å². The Morgan fingerprint density at radius 2 is 1.90 bits per heavy atom. The summed E-state index contributed by atoms with van der Waals surface area (Å²) >= 11 is 0. The lowest BCUT2D eigenvalue weighted by molar-refractivity contribution is -0.0525. The smallest absolute Gasteiger partial charge is 0.338 e. The van der Waals surface area contributed by atoms with Crippen LogP contribution in [-0.4, -0.2) is 18.7 Å². The summed E-state index contributed by atoms with van der Waals surface area (Å²) in [4.78, 5) is 15.4. The van der Waals surface area contributed by atoms with Gasteiger partial charge in [-0.15, -0.1) is 0 Å². The van der Waals surface area contributed by atoms with Gasteiger partial charge in [-0.2, -0.15) is 0 Å². The summed E-state index contributed by atoms with van der Waals surface area (Å²) < 4.78 is 0. The zero-order valence-electron chi connectivity index (χ0n) is 6.82. The molecule has 0 aliphatic carbocycles. The van der Waals surface area contributed by atoms with Crippen molar-refractivity contribution in [3.8, 4) is 0 Å². The van der Waals surface area contributed by atoms with Crippen molar-refractivity contribution in [2.24, 2.45) is 0 Å². The number of carbonyl (C=O) groups excluding carboxylic acids is 1. The maximum absolute atomic E-state index is 10.5. The van der Waals surface area contributed by atoms with E-state index in [1.807, 2.05) is 20.8 Å². The van der Waals surface area contributed by atoms with E-state index in [2.05, 4.69) is 10.8 Å². The van der Waals surface area contributed by atoms with Crippen LogP contribution in [0.15, 0.2) is 0 Å². The zero-order valence-corrected chi connectivity index (χ0v) is 6.82. The normalized spacial score (nSPS) is 10.8. The van der Waals surface area contributed by atoms with E-state index in [9.17, 15) is 4.79 Å². The number of carbonyl (C=O) groups is 1. The van der Waals surface area contributed by atoms with Gasteiger partial charge in [0.05, 0.1) is 5.60 Å². The van der Waals surface area contributed by atoms with Crippen LogP contribution in [0.5, 0.6) is 0 Å². The summed E-state index contributed by atoms with van der Waals surface area (Å²) in [5, 5.41) is 2.36. The first-order chi connectivity index (χ1) is 4.45. The summed E-state index contributed by atoms with van der Waals surface area (Å²) in [5.74, 6) is 0. The molecule has 4 heteroatoms. The second kappa shape index (κ2) is 3.41. The van der Waals surface area contributed by atoms with Crippen molar-refractivity contribution in [1.82, 2.24) is 10.8 Å². The molecule has 60 valence electrons. The molecule has 0 aromatic rings. The number of hydrogen-bond donors (Lipinski definition) is 2. The van der Waals surface area contributed by atoms with Crippen LogP contribution in [0.1, 0.15) is 20.8 Å². The van der Waals surface area contributed by atoms with Gasteiger partial charge in [0.25, 0.3) is 0 Å². The molecule has 0 aliphatic rings. The van der Waals surface area contributed by atoms with Gasteiger partial charge in [0.2, 0.25) is 0 Å². The Labute approximate surface area is 60.9 Å². The zero-order chi connectivity index (χ0) is 8.20. The molecule has 0 saturated carbocycles. The molecule has 0 unspecified atom stereocenters. The average Bonchev–Trinajstić information content (AvgIpc) is 1.81. The van der Waals surface area contributed by atoms with Crippen molar-refractivity contribution in [3.05, 3.63) is 0 Å². The molecule has 0 aromatic heterocycles. The molecule has 0 aromatic carbocycles. The van der Waals surface area contributed by atoms with Crippen molar-refractivity contribution in [2.75, 3.05) is 7.05 Å². The van der Waals surface area contributed by atoms with Crippen molar-refractivity contribution >= 4 is 6.03 Å². The van der Waals surface area contributed by atoms with E-state index in [0.717, 1.165) is 0 Å². The van der Waals surface area contributed by atoms with E-state index in [4.69, 9.17) is 4.84 Å².